The fourth-order valence-corrected chi connectivity index (χ4v) is 5.77. The molecule has 2 aromatic carbocycles. The molecular weight excluding hydrogens is 376 g/mol. The van der Waals surface area contributed by atoms with Crippen molar-refractivity contribution in [2.75, 3.05) is 0 Å². The van der Waals surface area contributed by atoms with E-state index in [4.69, 9.17) is 0 Å². The van der Waals surface area contributed by atoms with E-state index in [2.05, 4.69) is 4.47 Å². The molecule has 3 heterocycles. The molecule has 2 bridgehead atoms. The van der Waals surface area contributed by atoms with Crippen molar-refractivity contribution in [3.63, 3.8) is 0 Å². The second-order valence-electron chi connectivity index (χ2n) is 6.90. The molecule has 0 spiro atoms. The van der Waals surface area contributed by atoms with Crippen molar-refractivity contribution in [1.82, 2.24) is 14.0 Å². The van der Waals surface area contributed by atoms with E-state index in [0.717, 1.165) is 17.5 Å². The Morgan fingerprint density at radius 1 is 0.750 bits per heavy atom. The van der Waals surface area contributed by atoms with Crippen molar-refractivity contribution in [1.29, 1.82) is 0 Å². The van der Waals surface area contributed by atoms with Crippen LogP contribution < -0.4 is 11.4 Å². The van der Waals surface area contributed by atoms with Gasteiger partial charge in [0.05, 0.1) is 21.9 Å². The number of benzene rings is 2. The average Bonchev–Trinajstić information content (AvgIpc) is 3.02. The molecule has 0 N–H and O–H groups in total. The van der Waals surface area contributed by atoms with Gasteiger partial charge in [-0.05, 0) is 37.1 Å². The molecule has 0 amide bonds. The van der Waals surface area contributed by atoms with E-state index in [1.165, 1.54) is 9.36 Å². The number of fused-ring (bicyclic) bond motifs is 1. The zero-order valence-electron chi connectivity index (χ0n) is 14.9. The second-order valence-corrected chi connectivity index (χ2v) is 9.05. The molecular formula is C20H18N4O3S. The third-order valence-corrected chi connectivity index (χ3v) is 7.47. The van der Waals surface area contributed by atoms with E-state index in [1.54, 1.807) is 48.5 Å². The van der Waals surface area contributed by atoms with Gasteiger partial charge in [0.25, 0.3) is 0 Å². The van der Waals surface area contributed by atoms with Gasteiger partial charge >= 0.3 is 11.4 Å². The van der Waals surface area contributed by atoms with Crippen molar-refractivity contribution in [3.05, 3.63) is 93.8 Å². The summed E-state index contributed by atoms with van der Waals surface area (Å²) in [6.45, 7) is 0. The molecule has 8 heteroatoms. The normalized spacial score (nSPS) is 20.1. The fourth-order valence-electron chi connectivity index (χ4n) is 3.89. The summed E-state index contributed by atoms with van der Waals surface area (Å²) in [5.74, 6) is 0. The summed E-state index contributed by atoms with van der Waals surface area (Å²) in [7, 11) is -3.22. The minimum atomic E-state index is -3.22. The van der Waals surface area contributed by atoms with Gasteiger partial charge in [0.1, 0.15) is 9.73 Å². The van der Waals surface area contributed by atoms with Crippen LogP contribution in [-0.2, 0) is 9.73 Å². The maximum Gasteiger partial charge on any atom is 0.369 e. The van der Waals surface area contributed by atoms with E-state index in [1.807, 2.05) is 24.3 Å². The lowest BCUT2D eigenvalue weighted by Gasteiger charge is -2.32. The molecule has 2 aliphatic heterocycles. The van der Waals surface area contributed by atoms with Gasteiger partial charge in [-0.1, -0.05) is 53.0 Å². The van der Waals surface area contributed by atoms with E-state index in [9.17, 15) is 13.8 Å². The first kappa shape index (κ1) is 17.0. The van der Waals surface area contributed by atoms with Crippen LogP contribution in [0.15, 0.2) is 96.7 Å². The van der Waals surface area contributed by atoms with Crippen LogP contribution in [0.3, 0.4) is 0 Å². The van der Waals surface area contributed by atoms with Crippen LogP contribution >= 0.6 is 0 Å². The first-order valence-electron chi connectivity index (χ1n) is 9.11. The Balaban J connectivity index is 1.82. The lowest BCUT2D eigenvalue weighted by molar-refractivity contribution is 0.257. The smallest absolute Gasteiger partial charge is 0.244 e. The number of hydrogen-bond acceptors (Lipinski definition) is 4. The summed E-state index contributed by atoms with van der Waals surface area (Å²) >= 11 is 0. The van der Waals surface area contributed by atoms with Crippen LogP contribution in [0.4, 0.5) is 0 Å². The van der Waals surface area contributed by atoms with Crippen molar-refractivity contribution < 1.29 is 4.21 Å². The second kappa shape index (κ2) is 6.20. The molecule has 3 aliphatic rings. The molecule has 7 nitrogen and oxygen atoms in total. The van der Waals surface area contributed by atoms with Crippen LogP contribution in [-0.4, -0.2) is 18.2 Å². The minimum absolute atomic E-state index is 0.161. The fraction of sp³-hybridized carbons (Fsp3) is 0.200. The Kier molecular flexibility index (Phi) is 3.77. The number of aromatic nitrogens is 3. The zero-order chi connectivity index (χ0) is 19.3. The van der Waals surface area contributed by atoms with Gasteiger partial charge in [0, 0.05) is 0 Å². The van der Waals surface area contributed by atoms with Gasteiger partial charge in [-0.2, -0.15) is 0 Å². The number of hydrogen-bond donors (Lipinski definition) is 0. The van der Waals surface area contributed by atoms with Gasteiger partial charge in [-0.15, -0.1) is 4.68 Å². The van der Waals surface area contributed by atoms with Gasteiger partial charge < -0.3 is 0 Å². The van der Waals surface area contributed by atoms with Crippen LogP contribution in [0, 0.1) is 0 Å². The van der Waals surface area contributed by atoms with Gasteiger partial charge in [0.2, 0.25) is 0 Å². The molecule has 0 saturated heterocycles. The average molecular weight is 394 g/mol. The van der Waals surface area contributed by atoms with Crippen LogP contribution in [0.1, 0.15) is 24.9 Å². The van der Waals surface area contributed by atoms with Crippen molar-refractivity contribution in [3.8, 4) is 0 Å². The predicted octanol–water partition coefficient (Wildman–Crippen LogP) is 2.61. The Morgan fingerprint density at radius 2 is 1.18 bits per heavy atom. The number of rotatable bonds is 3. The van der Waals surface area contributed by atoms with E-state index < -0.39 is 21.1 Å². The van der Waals surface area contributed by atoms with Crippen LogP contribution in [0.2, 0.25) is 0 Å². The summed E-state index contributed by atoms with van der Waals surface area (Å²) in [5.41, 5.74) is -1.10. The zero-order valence-corrected chi connectivity index (χ0v) is 15.7. The highest BCUT2D eigenvalue weighted by Crippen LogP contribution is 2.33. The van der Waals surface area contributed by atoms with Crippen LogP contribution in [0.25, 0.3) is 0 Å². The molecule has 2 atom stereocenters. The predicted molar refractivity (Wildman–Crippen MR) is 105 cm³/mol. The maximum absolute atomic E-state index is 14.1. The molecule has 6 rings (SSSR count). The molecule has 28 heavy (non-hydrogen) atoms. The quantitative estimate of drug-likeness (QED) is 0.641. The SMILES string of the molecule is O=c1n(N=S(=O)(c2ccccc2)c2ccccc2)c(=O)n2n1[C@@H]1C=C[C@@H]2CC1. The Morgan fingerprint density at radius 3 is 1.57 bits per heavy atom. The molecule has 0 unspecified atom stereocenters. The maximum atomic E-state index is 14.1. The summed E-state index contributed by atoms with van der Waals surface area (Å²) in [6, 6.07) is 17.1. The molecule has 142 valence electrons. The standard InChI is InChI=1S/C20H18N4O3S/c25-19-22(20(26)24-16-12-11-15(13-14-16)23(19)24)21-28(27,17-7-3-1-4-8-17)18-9-5-2-6-10-18/h1-12,15-16H,13-14H2/t15-,16-/m1/s1. The van der Waals surface area contributed by atoms with Gasteiger partial charge in [-0.25, -0.2) is 23.2 Å². The lowest BCUT2D eigenvalue weighted by Crippen LogP contribution is -2.39. The van der Waals surface area contributed by atoms with E-state index >= 15 is 0 Å². The monoisotopic (exact) mass is 394 g/mol. The summed E-state index contributed by atoms with van der Waals surface area (Å²) in [6.07, 6.45) is 5.50. The number of nitrogens with zero attached hydrogens (tertiary/aromatic N) is 4. The summed E-state index contributed by atoms with van der Waals surface area (Å²) in [4.78, 5) is 26.9. The topological polar surface area (TPSA) is 78.4 Å². The van der Waals surface area contributed by atoms with Gasteiger partial charge in [0.15, 0.2) is 0 Å². The Hall–Kier alpha value is -3.13. The van der Waals surface area contributed by atoms with Crippen molar-refractivity contribution in [2.45, 2.75) is 34.7 Å². The largest absolute Gasteiger partial charge is 0.369 e. The summed E-state index contributed by atoms with van der Waals surface area (Å²) in [5, 5.41) is 0. The van der Waals surface area contributed by atoms with Crippen molar-refractivity contribution >= 4 is 9.73 Å². The highest BCUT2D eigenvalue weighted by atomic mass is 32.2. The van der Waals surface area contributed by atoms with Crippen molar-refractivity contribution in [2.24, 2.45) is 4.47 Å². The first-order valence-corrected chi connectivity index (χ1v) is 10.6. The van der Waals surface area contributed by atoms with Crippen LogP contribution in [0.5, 0.6) is 0 Å². The molecule has 0 fully saturated rings. The molecule has 3 aromatic rings. The molecule has 1 aliphatic carbocycles. The van der Waals surface area contributed by atoms with E-state index in [0.29, 0.717) is 9.79 Å². The van der Waals surface area contributed by atoms with E-state index in [-0.39, 0.29) is 12.1 Å². The highest BCUT2D eigenvalue weighted by molar-refractivity contribution is 7.93. The summed E-state index contributed by atoms with van der Waals surface area (Å²) < 4.78 is 22.0. The Bertz CT molecular complexity index is 1220. The van der Waals surface area contributed by atoms with Gasteiger partial charge in [-0.3, -0.25) is 0 Å². The third kappa shape index (κ3) is 2.37. The number of allylic oxidation sites excluding steroid dienone is 2. The third-order valence-electron chi connectivity index (χ3n) is 5.25. The molecule has 0 radical (unpaired) electrons. The first-order chi connectivity index (χ1) is 13.6. The molecule has 1 aromatic heterocycles. The Labute approximate surface area is 161 Å². The minimum Gasteiger partial charge on any atom is -0.244 e. The lowest BCUT2D eigenvalue weighted by atomic mass is 9.96. The highest BCUT2D eigenvalue weighted by Gasteiger charge is 2.34. The molecule has 0 saturated carbocycles.